The van der Waals surface area contributed by atoms with Crippen LogP contribution in [-0.4, -0.2) is 53.7 Å². The van der Waals surface area contributed by atoms with E-state index in [1.807, 2.05) is 38.1 Å². The van der Waals surface area contributed by atoms with Crippen molar-refractivity contribution in [2.75, 3.05) is 19.7 Å². The van der Waals surface area contributed by atoms with Gasteiger partial charge in [-0.15, -0.1) is 0 Å². The van der Waals surface area contributed by atoms with Crippen LogP contribution in [0.25, 0.3) is 11.1 Å². The Kier molecular flexibility index (Phi) is 7.73. The van der Waals surface area contributed by atoms with E-state index in [0.29, 0.717) is 6.54 Å². The van der Waals surface area contributed by atoms with Crippen molar-refractivity contribution >= 4 is 18.0 Å². The summed E-state index contributed by atoms with van der Waals surface area (Å²) in [5, 5.41) is 11.9. The number of rotatable bonds is 9. The van der Waals surface area contributed by atoms with Crippen molar-refractivity contribution in [2.45, 2.75) is 51.5 Å². The summed E-state index contributed by atoms with van der Waals surface area (Å²) in [4.78, 5) is 38.4. The van der Waals surface area contributed by atoms with Crippen LogP contribution in [0.2, 0.25) is 0 Å². The normalized spacial score (nSPS) is 18.7. The molecule has 1 fully saturated rings. The molecule has 7 heteroatoms. The zero-order valence-electron chi connectivity index (χ0n) is 20.4. The third-order valence-corrected chi connectivity index (χ3v) is 7.30. The first-order valence-corrected chi connectivity index (χ1v) is 12.5. The highest BCUT2D eigenvalue weighted by atomic mass is 16.5. The molecule has 0 aromatic heterocycles. The first-order valence-electron chi connectivity index (χ1n) is 12.5. The average Bonchev–Trinajstić information content (AvgIpc) is 3.44. The number of nitrogens with one attached hydrogen (secondary N) is 1. The fourth-order valence-corrected chi connectivity index (χ4v) is 5.52. The summed E-state index contributed by atoms with van der Waals surface area (Å²) >= 11 is 0. The van der Waals surface area contributed by atoms with Crippen LogP contribution in [0, 0.1) is 11.8 Å². The van der Waals surface area contributed by atoms with E-state index < -0.39 is 12.1 Å². The quantitative estimate of drug-likeness (QED) is 0.547. The number of alkyl carbamates (subject to hydrolysis) is 1. The van der Waals surface area contributed by atoms with Gasteiger partial charge in [-0.3, -0.25) is 9.59 Å². The number of nitrogens with zero attached hydrogens (tertiary/aromatic N) is 1. The summed E-state index contributed by atoms with van der Waals surface area (Å²) in [6.07, 6.45) is 1.98. The number of hydrogen-bond donors (Lipinski definition) is 2. The molecular formula is C28H34N2O5. The van der Waals surface area contributed by atoms with Gasteiger partial charge in [0, 0.05) is 31.0 Å². The maximum absolute atomic E-state index is 13.2. The molecule has 2 amide bonds. The number of carbonyl (C=O) groups is 3. The molecular weight excluding hydrogens is 444 g/mol. The molecule has 2 N–H and O–H groups in total. The molecule has 2 atom stereocenters. The van der Waals surface area contributed by atoms with Crippen molar-refractivity contribution in [1.29, 1.82) is 0 Å². The molecule has 0 saturated heterocycles. The highest BCUT2D eigenvalue weighted by Gasteiger charge is 2.36. The van der Waals surface area contributed by atoms with Gasteiger partial charge < -0.3 is 20.1 Å². The van der Waals surface area contributed by atoms with Gasteiger partial charge in [0.05, 0.1) is 6.42 Å². The molecule has 2 aromatic rings. The molecule has 2 aromatic carbocycles. The molecule has 0 aliphatic heterocycles. The fraction of sp³-hybridized carbons (Fsp3) is 0.464. The van der Waals surface area contributed by atoms with E-state index in [-0.39, 0.29) is 49.3 Å². The maximum Gasteiger partial charge on any atom is 0.407 e. The van der Waals surface area contributed by atoms with Crippen LogP contribution in [0.5, 0.6) is 0 Å². The van der Waals surface area contributed by atoms with E-state index in [1.54, 1.807) is 4.90 Å². The third-order valence-electron chi connectivity index (χ3n) is 7.30. The summed E-state index contributed by atoms with van der Waals surface area (Å²) in [6, 6.07) is 16.3. The number of aliphatic carboxylic acids is 1. The molecule has 35 heavy (non-hydrogen) atoms. The number of ether oxygens (including phenoxy) is 1. The van der Waals surface area contributed by atoms with Gasteiger partial charge in [0.2, 0.25) is 5.91 Å². The Morgan fingerprint density at radius 1 is 1.03 bits per heavy atom. The Bertz CT molecular complexity index is 1040. The van der Waals surface area contributed by atoms with E-state index in [4.69, 9.17) is 9.84 Å². The molecule has 2 aliphatic rings. The lowest BCUT2D eigenvalue weighted by molar-refractivity contribution is -0.141. The van der Waals surface area contributed by atoms with Gasteiger partial charge >= 0.3 is 12.1 Å². The van der Waals surface area contributed by atoms with E-state index in [0.717, 1.165) is 30.4 Å². The second-order valence-electron chi connectivity index (χ2n) is 9.77. The lowest BCUT2D eigenvalue weighted by atomic mass is 9.94. The molecule has 2 unspecified atom stereocenters. The van der Waals surface area contributed by atoms with Gasteiger partial charge in [0.1, 0.15) is 6.61 Å². The largest absolute Gasteiger partial charge is 0.481 e. The van der Waals surface area contributed by atoms with Gasteiger partial charge in [-0.2, -0.15) is 0 Å². The smallest absolute Gasteiger partial charge is 0.407 e. The molecule has 0 radical (unpaired) electrons. The Balaban J connectivity index is 1.32. The molecule has 7 nitrogen and oxygen atoms in total. The number of fused-ring (bicyclic) bond motifs is 3. The van der Waals surface area contributed by atoms with E-state index >= 15 is 0 Å². The lowest BCUT2D eigenvalue weighted by Crippen LogP contribution is -2.44. The van der Waals surface area contributed by atoms with Crippen LogP contribution in [0.1, 0.15) is 56.6 Å². The topological polar surface area (TPSA) is 95.9 Å². The molecule has 0 spiro atoms. The minimum Gasteiger partial charge on any atom is -0.481 e. The standard InChI is InChI=1S/C28H34N2O5/c1-18(2)30(15-14-26(31)32)27(33)20-13-7-8-19(20)16-29-28(34)35-17-25-23-11-5-3-9-21(23)22-10-4-6-12-24(22)25/h3-6,9-12,18-20,25H,7-8,13-17H2,1-2H3,(H,29,34)(H,31,32). The average molecular weight is 479 g/mol. The molecule has 1 saturated carbocycles. The van der Waals surface area contributed by atoms with Gasteiger partial charge in [-0.1, -0.05) is 55.0 Å². The number of carbonyl (C=O) groups excluding carboxylic acids is 2. The second kappa shape index (κ2) is 10.9. The van der Waals surface area contributed by atoms with Gasteiger partial charge in [-0.25, -0.2) is 4.79 Å². The zero-order chi connectivity index (χ0) is 24.9. The summed E-state index contributed by atoms with van der Waals surface area (Å²) in [6.45, 7) is 4.63. The molecule has 4 rings (SSSR count). The van der Waals surface area contributed by atoms with Crippen LogP contribution in [0.15, 0.2) is 48.5 Å². The van der Waals surface area contributed by atoms with Crippen LogP contribution in [0.3, 0.4) is 0 Å². The molecule has 186 valence electrons. The Labute approximate surface area is 206 Å². The van der Waals surface area contributed by atoms with Crippen LogP contribution >= 0.6 is 0 Å². The highest BCUT2D eigenvalue weighted by molar-refractivity contribution is 5.81. The second-order valence-corrected chi connectivity index (χ2v) is 9.77. The first-order chi connectivity index (χ1) is 16.9. The van der Waals surface area contributed by atoms with Crippen LogP contribution in [-0.2, 0) is 14.3 Å². The van der Waals surface area contributed by atoms with Crippen LogP contribution < -0.4 is 5.32 Å². The summed E-state index contributed by atoms with van der Waals surface area (Å²) in [5.41, 5.74) is 4.69. The summed E-state index contributed by atoms with van der Waals surface area (Å²) < 4.78 is 5.64. The van der Waals surface area contributed by atoms with Crippen molar-refractivity contribution < 1.29 is 24.2 Å². The Hall–Kier alpha value is -3.35. The van der Waals surface area contributed by atoms with Gasteiger partial charge in [0.25, 0.3) is 0 Å². The molecule has 0 heterocycles. The van der Waals surface area contributed by atoms with Crippen molar-refractivity contribution in [1.82, 2.24) is 10.2 Å². The van der Waals surface area contributed by atoms with Crippen molar-refractivity contribution in [3.05, 3.63) is 59.7 Å². The van der Waals surface area contributed by atoms with E-state index in [9.17, 15) is 14.4 Å². The number of hydrogen-bond acceptors (Lipinski definition) is 4. The van der Waals surface area contributed by atoms with E-state index in [1.165, 1.54) is 11.1 Å². The van der Waals surface area contributed by atoms with Crippen molar-refractivity contribution in [3.63, 3.8) is 0 Å². The fourth-order valence-electron chi connectivity index (χ4n) is 5.52. The number of amides is 2. The lowest BCUT2D eigenvalue weighted by Gasteiger charge is -2.31. The highest BCUT2D eigenvalue weighted by Crippen LogP contribution is 2.44. The Morgan fingerprint density at radius 3 is 2.26 bits per heavy atom. The maximum atomic E-state index is 13.2. The van der Waals surface area contributed by atoms with Gasteiger partial charge in [0.15, 0.2) is 0 Å². The third kappa shape index (κ3) is 5.50. The number of carboxylic acids is 1. The zero-order valence-corrected chi connectivity index (χ0v) is 20.4. The predicted molar refractivity (Wildman–Crippen MR) is 133 cm³/mol. The SMILES string of the molecule is CC(C)N(CCC(=O)O)C(=O)C1CCCC1CNC(=O)OCC1c2ccccc2-c2ccccc21. The van der Waals surface area contributed by atoms with E-state index in [2.05, 4.69) is 29.6 Å². The molecule has 2 aliphatic carbocycles. The predicted octanol–water partition coefficient (Wildman–Crippen LogP) is 4.65. The summed E-state index contributed by atoms with van der Waals surface area (Å²) in [7, 11) is 0. The van der Waals surface area contributed by atoms with Crippen molar-refractivity contribution in [3.8, 4) is 11.1 Å². The minimum absolute atomic E-state index is 0.00259. The van der Waals surface area contributed by atoms with Gasteiger partial charge in [-0.05, 0) is 54.9 Å². The Morgan fingerprint density at radius 2 is 1.66 bits per heavy atom. The summed E-state index contributed by atoms with van der Waals surface area (Å²) in [5.74, 6) is -1.11. The van der Waals surface area contributed by atoms with Crippen LogP contribution in [0.4, 0.5) is 4.79 Å². The number of benzene rings is 2. The molecule has 0 bridgehead atoms. The minimum atomic E-state index is -0.914. The monoisotopic (exact) mass is 478 g/mol. The van der Waals surface area contributed by atoms with Crippen molar-refractivity contribution in [2.24, 2.45) is 11.8 Å². The first kappa shape index (κ1) is 24.8. The number of carboxylic acid groups (broad SMARTS) is 1.